The minimum absolute atomic E-state index is 0.0652. The first kappa shape index (κ1) is 19.6. The van der Waals surface area contributed by atoms with Crippen molar-refractivity contribution in [2.45, 2.75) is 48.7 Å². The number of fused-ring (bicyclic) bond motifs is 2. The first-order valence-electron chi connectivity index (χ1n) is 8.85. The van der Waals surface area contributed by atoms with E-state index < -0.39 is 19.9 Å². The summed E-state index contributed by atoms with van der Waals surface area (Å²) in [4.78, 5) is 2.52. The molecule has 2 aliphatic rings. The predicted molar refractivity (Wildman–Crippen MR) is 102 cm³/mol. The van der Waals surface area contributed by atoms with Crippen LogP contribution in [-0.2, 0) is 19.9 Å². The first-order chi connectivity index (χ1) is 12.1. The van der Waals surface area contributed by atoms with Crippen molar-refractivity contribution >= 4 is 25.5 Å². The number of sulfonamides is 1. The molecular weight excluding hydrogens is 374 g/mol. The molecule has 2 atom stereocenters. The second-order valence-corrected chi connectivity index (χ2v) is 11.7. The van der Waals surface area contributed by atoms with Gasteiger partial charge in [0.05, 0.1) is 10.6 Å². The number of anilines is 1. The van der Waals surface area contributed by atoms with E-state index in [1.807, 2.05) is 0 Å². The standard InChI is InChI=1S/C17H27N3O4S2/c1-19(26(23,24)17-7-3-13(18)4-8-17)16-11-14-5-6-15(12-16)20(14)9-10-25(2,21)22/h3-4,7-8,14-16H,5-6,9-12,18H2,1-2H3. The second-order valence-electron chi connectivity index (χ2n) is 7.47. The Kier molecular flexibility index (Phi) is 5.35. The lowest BCUT2D eigenvalue weighted by Gasteiger charge is -2.41. The van der Waals surface area contributed by atoms with E-state index in [1.165, 1.54) is 22.7 Å². The number of hydrogen-bond donors (Lipinski definition) is 1. The normalized spacial score (nSPS) is 27.1. The Labute approximate surface area is 156 Å². The Hall–Kier alpha value is -1.16. The number of benzene rings is 1. The largest absolute Gasteiger partial charge is 0.399 e. The van der Waals surface area contributed by atoms with Crippen LogP contribution in [-0.4, -0.2) is 69.8 Å². The van der Waals surface area contributed by atoms with Crippen LogP contribution < -0.4 is 5.73 Å². The fourth-order valence-corrected chi connectivity index (χ4v) is 6.10. The zero-order valence-corrected chi connectivity index (χ0v) is 16.8. The highest BCUT2D eigenvalue weighted by Gasteiger charge is 2.43. The molecule has 2 fully saturated rings. The van der Waals surface area contributed by atoms with Gasteiger partial charge in [0, 0.05) is 43.7 Å². The predicted octanol–water partition coefficient (Wildman–Crippen LogP) is 0.929. The summed E-state index contributed by atoms with van der Waals surface area (Å²) in [5, 5.41) is 0. The van der Waals surface area contributed by atoms with Crippen LogP contribution in [0, 0.1) is 0 Å². The summed E-state index contributed by atoms with van der Waals surface area (Å²) in [5.74, 6) is 0.157. The van der Waals surface area contributed by atoms with E-state index in [1.54, 1.807) is 19.2 Å². The van der Waals surface area contributed by atoms with E-state index in [2.05, 4.69) is 4.90 Å². The second kappa shape index (κ2) is 7.10. The van der Waals surface area contributed by atoms with Crippen LogP contribution in [0.5, 0.6) is 0 Å². The maximum absolute atomic E-state index is 12.9. The smallest absolute Gasteiger partial charge is 0.243 e. The highest BCUT2D eigenvalue weighted by Crippen LogP contribution is 2.38. The lowest BCUT2D eigenvalue weighted by molar-refractivity contribution is 0.104. The summed E-state index contributed by atoms with van der Waals surface area (Å²) in [6.07, 6.45) is 4.74. The molecule has 0 radical (unpaired) electrons. The number of piperidine rings is 1. The van der Waals surface area contributed by atoms with Crippen LogP contribution in [0.25, 0.3) is 0 Å². The van der Waals surface area contributed by atoms with Crippen molar-refractivity contribution in [2.24, 2.45) is 0 Å². The van der Waals surface area contributed by atoms with E-state index >= 15 is 0 Å². The topological polar surface area (TPSA) is 101 Å². The van der Waals surface area contributed by atoms with E-state index in [4.69, 9.17) is 5.73 Å². The number of hydrogen-bond acceptors (Lipinski definition) is 6. The minimum Gasteiger partial charge on any atom is -0.399 e. The monoisotopic (exact) mass is 401 g/mol. The molecule has 0 amide bonds. The molecule has 2 bridgehead atoms. The number of rotatable bonds is 6. The number of nitrogen functional groups attached to an aromatic ring is 1. The van der Waals surface area contributed by atoms with E-state index in [0.717, 1.165) is 25.7 Å². The third-order valence-electron chi connectivity index (χ3n) is 5.65. The summed E-state index contributed by atoms with van der Waals surface area (Å²) in [6.45, 7) is 0.537. The third kappa shape index (κ3) is 4.05. The summed E-state index contributed by atoms with van der Waals surface area (Å²) in [5.41, 5.74) is 6.18. The van der Waals surface area contributed by atoms with Gasteiger partial charge in [-0.05, 0) is 49.9 Å². The van der Waals surface area contributed by atoms with E-state index in [0.29, 0.717) is 12.2 Å². The van der Waals surface area contributed by atoms with Crippen molar-refractivity contribution in [3.8, 4) is 0 Å². The molecule has 0 aliphatic carbocycles. The molecule has 1 aromatic rings. The average molecular weight is 402 g/mol. The van der Waals surface area contributed by atoms with Gasteiger partial charge in [0.1, 0.15) is 9.84 Å². The molecule has 146 valence electrons. The Morgan fingerprint density at radius 2 is 1.62 bits per heavy atom. The van der Waals surface area contributed by atoms with Gasteiger partial charge in [0.15, 0.2) is 0 Å². The summed E-state index contributed by atoms with van der Waals surface area (Å²) in [6, 6.07) is 6.71. The molecular formula is C17H27N3O4S2. The molecule has 2 unspecified atom stereocenters. The molecule has 9 heteroatoms. The molecule has 3 rings (SSSR count). The number of nitrogens with two attached hydrogens (primary N) is 1. The van der Waals surface area contributed by atoms with Crippen LogP contribution in [0.4, 0.5) is 5.69 Å². The molecule has 2 N–H and O–H groups in total. The van der Waals surface area contributed by atoms with Crippen LogP contribution in [0.3, 0.4) is 0 Å². The first-order valence-corrected chi connectivity index (χ1v) is 12.3. The summed E-state index contributed by atoms with van der Waals surface area (Å²) < 4.78 is 50.2. The Bertz CT molecular complexity index is 838. The zero-order valence-electron chi connectivity index (χ0n) is 15.2. The van der Waals surface area contributed by atoms with Crippen molar-refractivity contribution in [1.82, 2.24) is 9.21 Å². The maximum Gasteiger partial charge on any atom is 0.243 e. The molecule has 0 spiro atoms. The van der Waals surface area contributed by atoms with Gasteiger partial charge in [-0.2, -0.15) is 4.31 Å². The van der Waals surface area contributed by atoms with E-state index in [-0.39, 0.29) is 28.8 Å². The van der Waals surface area contributed by atoms with Crippen LogP contribution in [0.1, 0.15) is 25.7 Å². The maximum atomic E-state index is 12.9. The van der Waals surface area contributed by atoms with Gasteiger partial charge in [-0.25, -0.2) is 16.8 Å². The molecule has 2 aliphatic heterocycles. The molecule has 0 aromatic heterocycles. The molecule has 7 nitrogen and oxygen atoms in total. The van der Waals surface area contributed by atoms with E-state index in [9.17, 15) is 16.8 Å². The lowest BCUT2D eigenvalue weighted by Crippen LogP contribution is -2.51. The molecule has 0 saturated carbocycles. The SMILES string of the molecule is CN(C1CC2CCC(C1)N2CCS(C)(=O)=O)S(=O)(=O)c1ccc(N)cc1. The molecule has 2 saturated heterocycles. The van der Waals surface area contributed by atoms with Crippen molar-refractivity contribution in [3.63, 3.8) is 0 Å². The minimum atomic E-state index is -3.56. The highest BCUT2D eigenvalue weighted by atomic mass is 32.2. The fraction of sp³-hybridized carbons (Fsp3) is 0.647. The van der Waals surface area contributed by atoms with Crippen LogP contribution >= 0.6 is 0 Å². The van der Waals surface area contributed by atoms with Gasteiger partial charge in [-0.15, -0.1) is 0 Å². The Morgan fingerprint density at radius 3 is 2.12 bits per heavy atom. The molecule has 1 aromatic carbocycles. The Morgan fingerprint density at radius 1 is 1.08 bits per heavy atom. The van der Waals surface area contributed by atoms with Gasteiger partial charge in [0.2, 0.25) is 10.0 Å². The summed E-state index contributed by atoms with van der Waals surface area (Å²) >= 11 is 0. The number of sulfone groups is 1. The average Bonchev–Trinajstić information content (AvgIpc) is 2.80. The number of nitrogens with zero attached hydrogens (tertiary/aromatic N) is 2. The third-order valence-corrected chi connectivity index (χ3v) is 8.50. The molecule has 2 heterocycles. The van der Waals surface area contributed by atoms with Crippen LogP contribution in [0.2, 0.25) is 0 Å². The van der Waals surface area contributed by atoms with Crippen molar-refractivity contribution < 1.29 is 16.8 Å². The highest BCUT2D eigenvalue weighted by molar-refractivity contribution is 7.90. The fourth-order valence-electron chi connectivity index (χ4n) is 4.18. The quantitative estimate of drug-likeness (QED) is 0.712. The van der Waals surface area contributed by atoms with Crippen molar-refractivity contribution in [1.29, 1.82) is 0 Å². The van der Waals surface area contributed by atoms with Gasteiger partial charge in [-0.3, -0.25) is 4.90 Å². The zero-order chi connectivity index (χ0) is 19.1. The summed E-state index contributed by atoms with van der Waals surface area (Å²) in [7, 11) is -4.92. The van der Waals surface area contributed by atoms with Gasteiger partial charge in [0.25, 0.3) is 0 Å². The Balaban J connectivity index is 1.71. The van der Waals surface area contributed by atoms with Gasteiger partial charge in [-0.1, -0.05) is 0 Å². The van der Waals surface area contributed by atoms with Crippen molar-refractivity contribution in [2.75, 3.05) is 31.3 Å². The van der Waals surface area contributed by atoms with Crippen LogP contribution in [0.15, 0.2) is 29.2 Å². The lowest BCUT2D eigenvalue weighted by atomic mass is 9.97. The van der Waals surface area contributed by atoms with Gasteiger partial charge >= 0.3 is 0 Å². The van der Waals surface area contributed by atoms with Gasteiger partial charge < -0.3 is 5.73 Å². The molecule has 26 heavy (non-hydrogen) atoms. The van der Waals surface area contributed by atoms with Crippen molar-refractivity contribution in [3.05, 3.63) is 24.3 Å².